The van der Waals surface area contributed by atoms with Crippen LogP contribution < -0.4 is 4.90 Å². The van der Waals surface area contributed by atoms with Crippen LogP contribution in [0, 0.1) is 0 Å². The molecule has 1 saturated heterocycles. The maximum Gasteiger partial charge on any atom is 0.270 e. The average Bonchev–Trinajstić information content (AvgIpc) is 3.33. The molecule has 2 amide bonds. The Balaban J connectivity index is 1.55. The second-order valence-electron chi connectivity index (χ2n) is 5.96. The van der Waals surface area contributed by atoms with Crippen LogP contribution in [0.5, 0.6) is 0 Å². The number of nitrogens with zero attached hydrogens (tertiary/aromatic N) is 4. The Morgan fingerprint density at radius 2 is 1.87 bits per heavy atom. The minimum Gasteiger partial charge on any atom is -0.356 e. The van der Waals surface area contributed by atoms with E-state index in [-0.39, 0.29) is 11.8 Å². The molecule has 0 spiro atoms. The van der Waals surface area contributed by atoms with Crippen LogP contribution >= 0.6 is 0 Å². The molecule has 4 heterocycles. The molecule has 1 fully saturated rings. The number of aromatic nitrogens is 4. The van der Waals surface area contributed by atoms with E-state index in [1.54, 1.807) is 17.2 Å². The number of carbonyl (C=O) groups excluding carboxylic acids is 2. The van der Waals surface area contributed by atoms with Crippen molar-refractivity contribution in [3.63, 3.8) is 0 Å². The van der Waals surface area contributed by atoms with E-state index in [0.29, 0.717) is 23.6 Å². The standard InChI is InChI=1S/C15H18N6O2/c22-14(21-7-3-4-11-13(21)18-19-17-11)10-8-12(16-9-10)15(23)20-5-1-2-6-20/h8-9,16H,1-7H2,(H,17,18,19). The number of anilines is 1. The molecule has 2 aromatic rings. The molecule has 8 nitrogen and oxygen atoms in total. The fraction of sp³-hybridized carbons (Fsp3) is 0.467. The number of hydrogen-bond acceptors (Lipinski definition) is 4. The van der Waals surface area contributed by atoms with Gasteiger partial charge in [-0.3, -0.25) is 14.5 Å². The number of carbonyl (C=O) groups is 2. The number of aryl methyl sites for hydroxylation is 1. The SMILES string of the molecule is O=C(c1cc(C(=O)N2CCCc3n[nH]nc32)c[nH]1)N1CCCC1. The van der Waals surface area contributed by atoms with Crippen LogP contribution in [0.15, 0.2) is 12.3 Å². The summed E-state index contributed by atoms with van der Waals surface area (Å²) in [5.41, 5.74) is 1.75. The number of amides is 2. The van der Waals surface area contributed by atoms with Crippen molar-refractivity contribution in [2.75, 3.05) is 24.5 Å². The van der Waals surface area contributed by atoms with Gasteiger partial charge in [0.2, 0.25) is 0 Å². The lowest BCUT2D eigenvalue weighted by Gasteiger charge is -2.24. The summed E-state index contributed by atoms with van der Waals surface area (Å²) < 4.78 is 0. The van der Waals surface area contributed by atoms with Crippen molar-refractivity contribution >= 4 is 17.6 Å². The zero-order valence-electron chi connectivity index (χ0n) is 12.7. The van der Waals surface area contributed by atoms with Gasteiger partial charge in [0.05, 0.1) is 5.56 Å². The van der Waals surface area contributed by atoms with E-state index in [4.69, 9.17) is 0 Å². The molecule has 0 radical (unpaired) electrons. The Kier molecular flexibility index (Phi) is 3.36. The molecule has 4 rings (SSSR count). The van der Waals surface area contributed by atoms with Crippen LogP contribution in [0.3, 0.4) is 0 Å². The van der Waals surface area contributed by atoms with Crippen molar-refractivity contribution in [1.29, 1.82) is 0 Å². The van der Waals surface area contributed by atoms with E-state index in [0.717, 1.165) is 44.5 Å². The van der Waals surface area contributed by atoms with E-state index in [1.807, 2.05) is 4.90 Å². The lowest BCUT2D eigenvalue weighted by molar-refractivity contribution is 0.0787. The van der Waals surface area contributed by atoms with Gasteiger partial charge in [0.15, 0.2) is 5.82 Å². The van der Waals surface area contributed by atoms with Crippen molar-refractivity contribution in [2.45, 2.75) is 25.7 Å². The summed E-state index contributed by atoms with van der Waals surface area (Å²) in [6.07, 6.45) is 5.36. The highest BCUT2D eigenvalue weighted by molar-refractivity contribution is 6.07. The molecule has 8 heteroatoms. The molecule has 2 aliphatic rings. The van der Waals surface area contributed by atoms with Gasteiger partial charge in [-0.25, -0.2) is 0 Å². The predicted molar refractivity (Wildman–Crippen MR) is 82.3 cm³/mol. The van der Waals surface area contributed by atoms with Gasteiger partial charge >= 0.3 is 0 Å². The zero-order valence-corrected chi connectivity index (χ0v) is 12.7. The first-order chi connectivity index (χ1) is 11.2. The fourth-order valence-electron chi connectivity index (χ4n) is 3.23. The van der Waals surface area contributed by atoms with Crippen molar-refractivity contribution < 1.29 is 9.59 Å². The quantitative estimate of drug-likeness (QED) is 0.862. The van der Waals surface area contributed by atoms with Crippen molar-refractivity contribution in [2.24, 2.45) is 0 Å². The molecule has 0 aromatic carbocycles. The van der Waals surface area contributed by atoms with Crippen LogP contribution in [-0.2, 0) is 6.42 Å². The van der Waals surface area contributed by atoms with Crippen LogP contribution in [-0.4, -0.2) is 56.7 Å². The van der Waals surface area contributed by atoms with Gasteiger partial charge < -0.3 is 9.88 Å². The van der Waals surface area contributed by atoms with Gasteiger partial charge in [0.1, 0.15) is 11.4 Å². The predicted octanol–water partition coefficient (Wildman–Crippen LogP) is 0.962. The molecule has 0 bridgehead atoms. The molecule has 0 unspecified atom stereocenters. The molecule has 2 N–H and O–H groups in total. The normalized spacial score (nSPS) is 17.4. The summed E-state index contributed by atoms with van der Waals surface area (Å²) in [5, 5.41) is 10.7. The topological polar surface area (TPSA) is 98.0 Å². The number of H-pyrrole nitrogens is 2. The highest BCUT2D eigenvalue weighted by atomic mass is 16.2. The van der Waals surface area contributed by atoms with Crippen LogP contribution in [0.4, 0.5) is 5.82 Å². The number of rotatable bonds is 2. The largest absolute Gasteiger partial charge is 0.356 e. The van der Waals surface area contributed by atoms with Gasteiger partial charge in [-0.15, -0.1) is 5.10 Å². The molecule has 120 valence electrons. The number of nitrogens with one attached hydrogen (secondary N) is 2. The maximum absolute atomic E-state index is 12.7. The lowest BCUT2D eigenvalue weighted by Crippen LogP contribution is -2.35. The molecular weight excluding hydrogens is 296 g/mol. The van der Waals surface area contributed by atoms with Gasteiger partial charge in [-0.1, -0.05) is 0 Å². The average molecular weight is 314 g/mol. The first-order valence-corrected chi connectivity index (χ1v) is 7.93. The minimum atomic E-state index is -0.156. The van der Waals surface area contributed by atoms with Gasteiger partial charge in [-0.2, -0.15) is 10.3 Å². The molecule has 2 aromatic heterocycles. The molecule has 0 atom stereocenters. The molecular formula is C15H18N6O2. The maximum atomic E-state index is 12.7. The molecule has 0 saturated carbocycles. The Bertz CT molecular complexity index is 743. The van der Waals surface area contributed by atoms with E-state index < -0.39 is 0 Å². The molecule has 2 aliphatic heterocycles. The van der Waals surface area contributed by atoms with Crippen molar-refractivity contribution in [1.82, 2.24) is 25.3 Å². The summed E-state index contributed by atoms with van der Waals surface area (Å²) in [4.78, 5) is 31.5. The second-order valence-corrected chi connectivity index (χ2v) is 5.96. The fourth-order valence-corrected chi connectivity index (χ4v) is 3.23. The van der Waals surface area contributed by atoms with E-state index >= 15 is 0 Å². The highest BCUT2D eigenvalue weighted by Gasteiger charge is 2.28. The van der Waals surface area contributed by atoms with E-state index in [2.05, 4.69) is 20.4 Å². The van der Waals surface area contributed by atoms with Gasteiger partial charge in [0, 0.05) is 25.8 Å². The second kappa shape index (κ2) is 5.53. The number of fused-ring (bicyclic) bond motifs is 1. The van der Waals surface area contributed by atoms with E-state index in [1.165, 1.54) is 0 Å². The Hall–Kier alpha value is -2.64. The number of aromatic amines is 2. The zero-order chi connectivity index (χ0) is 15.8. The van der Waals surface area contributed by atoms with Crippen LogP contribution in [0.2, 0.25) is 0 Å². The lowest BCUT2D eigenvalue weighted by atomic mass is 10.1. The third-order valence-corrected chi connectivity index (χ3v) is 4.45. The Morgan fingerprint density at radius 1 is 1.04 bits per heavy atom. The summed E-state index contributed by atoms with van der Waals surface area (Å²) in [6.45, 7) is 2.18. The Labute approximate surface area is 132 Å². The van der Waals surface area contributed by atoms with Crippen LogP contribution in [0.25, 0.3) is 0 Å². The first kappa shape index (κ1) is 14.0. The van der Waals surface area contributed by atoms with Gasteiger partial charge in [0.25, 0.3) is 11.8 Å². The molecule has 0 aliphatic carbocycles. The van der Waals surface area contributed by atoms with E-state index in [9.17, 15) is 9.59 Å². The minimum absolute atomic E-state index is 0.0395. The third-order valence-electron chi connectivity index (χ3n) is 4.45. The molecule has 23 heavy (non-hydrogen) atoms. The summed E-state index contributed by atoms with van der Waals surface area (Å²) in [7, 11) is 0. The number of likely N-dealkylation sites (tertiary alicyclic amines) is 1. The highest BCUT2D eigenvalue weighted by Crippen LogP contribution is 2.24. The van der Waals surface area contributed by atoms with Gasteiger partial charge in [-0.05, 0) is 31.7 Å². The van der Waals surface area contributed by atoms with Crippen molar-refractivity contribution in [3.05, 3.63) is 29.2 Å². The van der Waals surface area contributed by atoms with Crippen molar-refractivity contribution in [3.8, 4) is 0 Å². The summed E-state index contributed by atoms with van der Waals surface area (Å²) >= 11 is 0. The monoisotopic (exact) mass is 314 g/mol. The number of hydrogen-bond donors (Lipinski definition) is 2. The third kappa shape index (κ3) is 2.39. The van der Waals surface area contributed by atoms with Crippen LogP contribution in [0.1, 0.15) is 45.8 Å². The smallest absolute Gasteiger partial charge is 0.270 e. The Morgan fingerprint density at radius 3 is 2.70 bits per heavy atom. The first-order valence-electron chi connectivity index (χ1n) is 7.93. The summed E-state index contributed by atoms with van der Waals surface area (Å²) in [5.74, 6) is 0.397. The summed E-state index contributed by atoms with van der Waals surface area (Å²) in [6, 6.07) is 1.64.